The van der Waals surface area contributed by atoms with E-state index in [9.17, 15) is 4.79 Å². The van der Waals surface area contributed by atoms with Crippen LogP contribution in [0.3, 0.4) is 0 Å². The maximum atomic E-state index is 11.7. The summed E-state index contributed by atoms with van der Waals surface area (Å²) in [5, 5.41) is 6.08. The molecule has 0 atom stereocenters. The number of nitrogens with zero attached hydrogens (tertiary/aromatic N) is 1. The second kappa shape index (κ2) is 9.30. The van der Waals surface area contributed by atoms with Crippen LogP contribution >= 0.6 is 12.4 Å². The molecule has 3 rings (SSSR count). The predicted octanol–water partition coefficient (Wildman–Crippen LogP) is 3.39. The molecule has 1 aromatic heterocycles. The predicted molar refractivity (Wildman–Crippen MR) is 93.3 cm³/mol. The van der Waals surface area contributed by atoms with Gasteiger partial charge in [0.1, 0.15) is 0 Å². The molecule has 2 aromatic rings. The van der Waals surface area contributed by atoms with Gasteiger partial charge in [0.2, 0.25) is 0 Å². The van der Waals surface area contributed by atoms with Crippen molar-refractivity contribution in [3.05, 3.63) is 48.2 Å². The summed E-state index contributed by atoms with van der Waals surface area (Å²) in [6, 6.07) is 7.94. The molecule has 1 aromatic carbocycles. The van der Waals surface area contributed by atoms with Crippen LogP contribution in [0.25, 0.3) is 0 Å². The Hall–Kier alpha value is -2.05. The average molecular weight is 352 g/mol. The minimum atomic E-state index is -0.507. The zero-order chi connectivity index (χ0) is 15.9. The van der Waals surface area contributed by atoms with Gasteiger partial charge in [0.15, 0.2) is 18.8 Å². The van der Waals surface area contributed by atoms with Crippen molar-refractivity contribution < 1.29 is 13.9 Å². The van der Waals surface area contributed by atoms with Crippen LogP contribution < -0.4 is 10.6 Å². The first-order valence-electron chi connectivity index (χ1n) is 7.90. The Morgan fingerprint density at radius 3 is 2.71 bits per heavy atom. The molecule has 0 unspecified atom stereocenters. The molecule has 1 saturated heterocycles. The number of halogens is 1. The number of hydrogen-bond donors (Lipinski definition) is 2. The van der Waals surface area contributed by atoms with Crippen molar-refractivity contribution in [2.75, 3.05) is 18.4 Å². The van der Waals surface area contributed by atoms with Crippen molar-refractivity contribution in [2.45, 2.75) is 25.9 Å². The number of hydrogen-bond acceptors (Lipinski definition) is 5. The van der Waals surface area contributed by atoms with Crippen molar-refractivity contribution >= 4 is 24.2 Å². The molecule has 1 aliphatic rings. The molecule has 1 aliphatic heterocycles. The van der Waals surface area contributed by atoms with Crippen molar-refractivity contribution in [2.24, 2.45) is 5.92 Å². The summed E-state index contributed by atoms with van der Waals surface area (Å²) in [6.45, 7) is 2.29. The maximum Gasteiger partial charge on any atom is 0.412 e. The number of amides is 1. The van der Waals surface area contributed by atoms with Gasteiger partial charge in [0, 0.05) is 5.69 Å². The minimum absolute atomic E-state index is 0. The van der Waals surface area contributed by atoms with Crippen LogP contribution in [0.5, 0.6) is 0 Å². The number of piperidine rings is 1. The lowest BCUT2D eigenvalue weighted by molar-refractivity contribution is 0.146. The summed E-state index contributed by atoms with van der Waals surface area (Å²) < 4.78 is 10.1. The zero-order valence-corrected chi connectivity index (χ0v) is 14.2. The van der Waals surface area contributed by atoms with Crippen LogP contribution in [0.2, 0.25) is 0 Å². The molecule has 24 heavy (non-hydrogen) atoms. The Balaban J connectivity index is 0.00000208. The molecule has 0 spiro atoms. The van der Waals surface area contributed by atoms with Gasteiger partial charge in [-0.05, 0) is 56.0 Å². The van der Waals surface area contributed by atoms with Gasteiger partial charge < -0.3 is 14.5 Å². The second-order valence-electron chi connectivity index (χ2n) is 5.76. The average Bonchev–Trinajstić information content (AvgIpc) is 3.09. The molecule has 6 nitrogen and oxygen atoms in total. The molecule has 1 fully saturated rings. The van der Waals surface area contributed by atoms with Crippen LogP contribution in [0.15, 0.2) is 41.3 Å². The van der Waals surface area contributed by atoms with E-state index in [0.717, 1.165) is 31.1 Å². The monoisotopic (exact) mass is 351 g/mol. The molecule has 0 bridgehead atoms. The number of anilines is 1. The molecule has 7 heteroatoms. The first kappa shape index (κ1) is 18.3. The Bertz CT molecular complexity index is 611. The number of aromatic nitrogens is 1. The maximum absolute atomic E-state index is 11.7. The first-order chi connectivity index (χ1) is 11.3. The quantitative estimate of drug-likeness (QED) is 0.863. The summed E-state index contributed by atoms with van der Waals surface area (Å²) in [7, 11) is 0. The van der Waals surface area contributed by atoms with Gasteiger partial charge in [-0.2, -0.15) is 0 Å². The van der Waals surface area contributed by atoms with Gasteiger partial charge in [-0.3, -0.25) is 5.32 Å². The van der Waals surface area contributed by atoms with Crippen molar-refractivity contribution in [1.29, 1.82) is 0 Å². The highest BCUT2D eigenvalue weighted by molar-refractivity contribution is 5.85. The molecular formula is C17H22ClN3O3. The third-order valence-electron chi connectivity index (χ3n) is 4.01. The van der Waals surface area contributed by atoms with Gasteiger partial charge in [-0.25, -0.2) is 9.78 Å². The lowest BCUT2D eigenvalue weighted by Gasteiger charge is -2.22. The number of nitrogens with one attached hydrogen (secondary N) is 2. The Kier molecular flexibility index (Phi) is 7.08. The lowest BCUT2D eigenvalue weighted by Crippen LogP contribution is -2.28. The Labute approximate surface area is 147 Å². The van der Waals surface area contributed by atoms with Crippen LogP contribution in [0.1, 0.15) is 24.2 Å². The summed E-state index contributed by atoms with van der Waals surface area (Å²) in [5.74, 6) is 1.26. The summed E-state index contributed by atoms with van der Waals surface area (Å²) in [4.78, 5) is 15.5. The largest absolute Gasteiger partial charge is 0.445 e. The van der Waals surface area contributed by atoms with Crippen LogP contribution in [0, 0.1) is 5.92 Å². The van der Waals surface area contributed by atoms with E-state index in [1.165, 1.54) is 31.0 Å². The van der Waals surface area contributed by atoms with E-state index in [0.29, 0.717) is 5.76 Å². The molecule has 1 amide bonds. The fourth-order valence-corrected chi connectivity index (χ4v) is 2.75. The van der Waals surface area contributed by atoms with E-state index in [1.807, 2.05) is 12.1 Å². The van der Waals surface area contributed by atoms with Gasteiger partial charge in [-0.15, -0.1) is 12.4 Å². The van der Waals surface area contributed by atoms with Gasteiger partial charge in [0.25, 0.3) is 0 Å². The van der Waals surface area contributed by atoms with Gasteiger partial charge in [-0.1, -0.05) is 12.1 Å². The fraction of sp³-hybridized carbons (Fsp3) is 0.412. The highest BCUT2D eigenvalue weighted by atomic mass is 35.5. The van der Waals surface area contributed by atoms with Crippen LogP contribution in [0.4, 0.5) is 10.5 Å². The van der Waals surface area contributed by atoms with Gasteiger partial charge in [0.05, 0.1) is 6.20 Å². The van der Waals surface area contributed by atoms with Crippen molar-refractivity contribution in [1.82, 2.24) is 10.3 Å². The zero-order valence-electron chi connectivity index (χ0n) is 13.4. The van der Waals surface area contributed by atoms with E-state index < -0.39 is 6.09 Å². The Morgan fingerprint density at radius 2 is 2.04 bits per heavy atom. The third kappa shape index (κ3) is 5.54. The molecule has 130 valence electrons. The van der Waals surface area contributed by atoms with E-state index in [1.54, 1.807) is 0 Å². The normalized spacial score (nSPS) is 14.7. The number of carbonyl (C=O) groups excluding carboxylic acids is 1. The highest BCUT2D eigenvalue weighted by Gasteiger charge is 2.13. The number of rotatable bonds is 5. The number of carbonyl (C=O) groups is 1. The third-order valence-corrected chi connectivity index (χ3v) is 4.01. The molecule has 2 heterocycles. The van der Waals surface area contributed by atoms with E-state index in [4.69, 9.17) is 9.15 Å². The van der Waals surface area contributed by atoms with Crippen molar-refractivity contribution in [3.63, 3.8) is 0 Å². The fourth-order valence-electron chi connectivity index (χ4n) is 2.75. The lowest BCUT2D eigenvalue weighted by atomic mass is 9.91. The van der Waals surface area contributed by atoms with Gasteiger partial charge >= 0.3 is 6.09 Å². The number of oxazole rings is 1. The van der Waals surface area contributed by atoms with Crippen LogP contribution in [-0.4, -0.2) is 24.2 Å². The SMILES string of the molecule is Cl.O=C(Nc1ccc(CC2CCNCC2)cc1)OCc1cnco1. The summed E-state index contributed by atoms with van der Waals surface area (Å²) >= 11 is 0. The number of ether oxygens (including phenoxy) is 1. The molecule has 0 aliphatic carbocycles. The van der Waals surface area contributed by atoms with E-state index in [2.05, 4.69) is 27.8 Å². The smallest absolute Gasteiger partial charge is 0.412 e. The Morgan fingerprint density at radius 1 is 1.29 bits per heavy atom. The summed E-state index contributed by atoms with van der Waals surface area (Å²) in [5.41, 5.74) is 2.03. The second-order valence-corrected chi connectivity index (χ2v) is 5.76. The summed E-state index contributed by atoms with van der Waals surface area (Å²) in [6.07, 6.45) is 5.87. The molecule has 2 N–H and O–H groups in total. The molecule has 0 saturated carbocycles. The topological polar surface area (TPSA) is 76.4 Å². The van der Waals surface area contributed by atoms with E-state index >= 15 is 0 Å². The standard InChI is InChI=1S/C17H21N3O3.ClH/c21-17(22-11-16-10-19-12-23-16)20-15-3-1-13(2-4-15)9-14-5-7-18-8-6-14;/h1-4,10,12,14,18H,5-9,11H2,(H,20,21);1H. The van der Waals surface area contributed by atoms with E-state index in [-0.39, 0.29) is 19.0 Å². The van der Waals surface area contributed by atoms with Crippen LogP contribution in [-0.2, 0) is 17.8 Å². The highest BCUT2D eigenvalue weighted by Crippen LogP contribution is 2.19. The number of benzene rings is 1. The first-order valence-corrected chi connectivity index (χ1v) is 7.90. The van der Waals surface area contributed by atoms with Crippen molar-refractivity contribution in [3.8, 4) is 0 Å². The molecule has 0 radical (unpaired) electrons. The minimum Gasteiger partial charge on any atom is -0.445 e. The molecular weight excluding hydrogens is 330 g/mol.